The number of aliphatic hydroxyl groups is 1. The van der Waals surface area contributed by atoms with Crippen LogP contribution in [0, 0.1) is 5.92 Å². The molecule has 0 aliphatic rings. The maximum atomic E-state index is 11.6. The third kappa shape index (κ3) is 4.12. The fourth-order valence-corrected chi connectivity index (χ4v) is 1.90. The Hall–Kier alpha value is -0.880. The van der Waals surface area contributed by atoms with Gasteiger partial charge in [0.05, 0.1) is 11.9 Å². The van der Waals surface area contributed by atoms with Crippen molar-refractivity contribution in [1.29, 1.82) is 0 Å². The van der Waals surface area contributed by atoms with Crippen molar-refractivity contribution >= 4 is 21.6 Å². The Labute approximate surface area is 109 Å². The lowest BCUT2D eigenvalue weighted by atomic mass is 10.1. The van der Waals surface area contributed by atoms with E-state index in [2.05, 4.69) is 26.3 Å². The van der Waals surface area contributed by atoms with Gasteiger partial charge < -0.3 is 10.4 Å². The van der Waals surface area contributed by atoms with Crippen LogP contribution >= 0.6 is 15.9 Å². The normalized spacial score (nSPS) is 12.5. The fraction of sp³-hybridized carbons (Fsp3) is 0.636. The summed E-state index contributed by atoms with van der Waals surface area (Å²) in [5, 5.41) is 16.0. The van der Waals surface area contributed by atoms with Gasteiger partial charge in [0.1, 0.15) is 4.47 Å². The zero-order chi connectivity index (χ0) is 12.8. The predicted molar refractivity (Wildman–Crippen MR) is 71.2 cm³/mol. The Kier molecular flexibility index (Phi) is 5.64. The van der Waals surface area contributed by atoms with E-state index in [4.69, 9.17) is 5.11 Å². The van der Waals surface area contributed by atoms with E-state index in [0.717, 1.165) is 19.4 Å². The summed E-state index contributed by atoms with van der Waals surface area (Å²) in [6, 6.07) is 0. The maximum Gasteiger partial charge on any atom is 0.282 e. The monoisotopic (exact) mass is 303 g/mol. The van der Waals surface area contributed by atoms with E-state index < -0.39 is 0 Å². The molecule has 2 N–H and O–H groups in total. The molecule has 1 rings (SSSR count). The number of nitrogens with zero attached hydrogens (tertiary/aromatic N) is 2. The summed E-state index contributed by atoms with van der Waals surface area (Å²) < 4.78 is 1.79. The lowest BCUT2D eigenvalue weighted by molar-refractivity contribution is 0.229. The molecule has 0 fully saturated rings. The Morgan fingerprint density at radius 3 is 3.00 bits per heavy atom. The van der Waals surface area contributed by atoms with Gasteiger partial charge in [-0.15, -0.1) is 0 Å². The van der Waals surface area contributed by atoms with Crippen LogP contribution in [-0.4, -0.2) is 28.0 Å². The number of aryl methyl sites for hydroxylation is 1. The second-order valence-electron chi connectivity index (χ2n) is 4.16. The molecule has 6 heteroatoms. The van der Waals surface area contributed by atoms with Crippen LogP contribution in [0.2, 0.25) is 0 Å². The number of hydrogen-bond donors (Lipinski definition) is 2. The highest BCUT2D eigenvalue weighted by atomic mass is 79.9. The van der Waals surface area contributed by atoms with E-state index in [1.54, 1.807) is 13.2 Å². The minimum atomic E-state index is -0.154. The van der Waals surface area contributed by atoms with Crippen LogP contribution in [0.15, 0.2) is 15.5 Å². The Balaban J connectivity index is 2.48. The molecule has 0 radical (unpaired) electrons. The molecule has 17 heavy (non-hydrogen) atoms. The van der Waals surface area contributed by atoms with Gasteiger partial charge in [-0.05, 0) is 34.7 Å². The third-order valence-electron chi connectivity index (χ3n) is 2.58. The Morgan fingerprint density at radius 2 is 2.35 bits per heavy atom. The fourth-order valence-electron chi connectivity index (χ4n) is 1.40. The molecule has 1 unspecified atom stereocenters. The van der Waals surface area contributed by atoms with Crippen molar-refractivity contribution in [3.63, 3.8) is 0 Å². The van der Waals surface area contributed by atoms with Crippen LogP contribution in [0.4, 0.5) is 5.69 Å². The zero-order valence-corrected chi connectivity index (χ0v) is 11.7. The van der Waals surface area contributed by atoms with Gasteiger partial charge in [-0.3, -0.25) is 4.79 Å². The molecular formula is C11H18BrN3O2. The molecule has 0 amide bonds. The standard InChI is InChI=1S/C11H18BrN3O2/c1-8(7-16)4-3-5-13-9-6-14-15(2)11(17)10(9)12/h6,8,13,16H,3-5,7H2,1-2H3. The highest BCUT2D eigenvalue weighted by molar-refractivity contribution is 9.10. The van der Waals surface area contributed by atoms with E-state index in [1.165, 1.54) is 4.68 Å². The minimum Gasteiger partial charge on any atom is -0.396 e. The second-order valence-corrected chi connectivity index (χ2v) is 4.95. The van der Waals surface area contributed by atoms with Gasteiger partial charge in [0, 0.05) is 20.2 Å². The van der Waals surface area contributed by atoms with Crippen LogP contribution in [0.3, 0.4) is 0 Å². The molecule has 0 aliphatic carbocycles. The summed E-state index contributed by atoms with van der Waals surface area (Å²) in [6.45, 7) is 2.99. The van der Waals surface area contributed by atoms with Crippen molar-refractivity contribution < 1.29 is 5.11 Å². The van der Waals surface area contributed by atoms with E-state index in [-0.39, 0.29) is 12.2 Å². The minimum absolute atomic E-state index is 0.154. The molecular weight excluding hydrogens is 286 g/mol. The molecule has 0 aromatic carbocycles. The van der Waals surface area contributed by atoms with Gasteiger partial charge in [0.15, 0.2) is 0 Å². The molecule has 1 heterocycles. The first-order valence-electron chi connectivity index (χ1n) is 5.62. The first-order valence-corrected chi connectivity index (χ1v) is 6.42. The van der Waals surface area contributed by atoms with Crippen LogP contribution in [0.25, 0.3) is 0 Å². The summed E-state index contributed by atoms with van der Waals surface area (Å²) in [4.78, 5) is 11.6. The number of anilines is 1. The summed E-state index contributed by atoms with van der Waals surface area (Å²) in [6.07, 6.45) is 3.53. The molecule has 0 aliphatic heterocycles. The predicted octanol–water partition coefficient (Wildman–Crippen LogP) is 1.36. The van der Waals surface area contributed by atoms with Crippen molar-refractivity contribution in [2.24, 2.45) is 13.0 Å². The SMILES string of the molecule is CC(CO)CCCNc1cnn(C)c(=O)c1Br. The zero-order valence-electron chi connectivity index (χ0n) is 10.1. The van der Waals surface area contributed by atoms with E-state index in [0.29, 0.717) is 16.1 Å². The molecule has 0 bridgehead atoms. The molecule has 96 valence electrons. The van der Waals surface area contributed by atoms with Gasteiger partial charge in [0.2, 0.25) is 0 Å². The number of halogens is 1. The average molecular weight is 304 g/mol. The van der Waals surface area contributed by atoms with E-state index >= 15 is 0 Å². The largest absolute Gasteiger partial charge is 0.396 e. The first-order chi connectivity index (χ1) is 8.06. The number of nitrogens with one attached hydrogen (secondary N) is 1. The molecule has 5 nitrogen and oxygen atoms in total. The molecule has 0 spiro atoms. The van der Waals surface area contributed by atoms with Crippen molar-refractivity contribution in [2.75, 3.05) is 18.5 Å². The van der Waals surface area contributed by atoms with Crippen LogP contribution < -0.4 is 10.9 Å². The molecule has 1 aromatic rings. The van der Waals surface area contributed by atoms with Crippen LogP contribution in [-0.2, 0) is 7.05 Å². The molecule has 1 atom stereocenters. The number of hydrogen-bond acceptors (Lipinski definition) is 4. The topological polar surface area (TPSA) is 67.2 Å². The first kappa shape index (κ1) is 14.2. The number of aromatic nitrogens is 2. The van der Waals surface area contributed by atoms with Crippen LogP contribution in [0.5, 0.6) is 0 Å². The third-order valence-corrected chi connectivity index (χ3v) is 3.35. The maximum absolute atomic E-state index is 11.6. The van der Waals surface area contributed by atoms with Gasteiger partial charge >= 0.3 is 0 Å². The van der Waals surface area contributed by atoms with Crippen molar-refractivity contribution in [3.8, 4) is 0 Å². The summed E-state index contributed by atoms with van der Waals surface area (Å²) >= 11 is 3.25. The number of aliphatic hydroxyl groups excluding tert-OH is 1. The number of rotatable bonds is 6. The van der Waals surface area contributed by atoms with E-state index in [9.17, 15) is 4.79 Å². The Bertz CT molecular complexity index is 420. The van der Waals surface area contributed by atoms with Gasteiger partial charge in [0.25, 0.3) is 5.56 Å². The van der Waals surface area contributed by atoms with Crippen molar-refractivity contribution in [2.45, 2.75) is 19.8 Å². The highest BCUT2D eigenvalue weighted by Gasteiger charge is 2.06. The lowest BCUT2D eigenvalue weighted by Crippen LogP contribution is -2.21. The quantitative estimate of drug-likeness (QED) is 0.779. The van der Waals surface area contributed by atoms with Gasteiger partial charge in [-0.25, -0.2) is 4.68 Å². The molecule has 1 aromatic heterocycles. The average Bonchev–Trinajstić information content (AvgIpc) is 2.33. The van der Waals surface area contributed by atoms with Crippen molar-refractivity contribution in [3.05, 3.63) is 21.0 Å². The molecule has 0 saturated heterocycles. The summed E-state index contributed by atoms with van der Waals surface area (Å²) in [5.74, 6) is 0.321. The summed E-state index contributed by atoms with van der Waals surface area (Å²) in [5.41, 5.74) is 0.559. The summed E-state index contributed by atoms with van der Waals surface area (Å²) in [7, 11) is 1.61. The Morgan fingerprint density at radius 1 is 1.65 bits per heavy atom. The smallest absolute Gasteiger partial charge is 0.282 e. The van der Waals surface area contributed by atoms with Crippen molar-refractivity contribution in [1.82, 2.24) is 9.78 Å². The highest BCUT2D eigenvalue weighted by Crippen LogP contribution is 2.16. The van der Waals surface area contributed by atoms with Gasteiger partial charge in [-0.2, -0.15) is 5.10 Å². The van der Waals surface area contributed by atoms with Gasteiger partial charge in [-0.1, -0.05) is 6.92 Å². The molecule has 0 saturated carbocycles. The second kappa shape index (κ2) is 6.76. The lowest BCUT2D eigenvalue weighted by Gasteiger charge is -2.10. The van der Waals surface area contributed by atoms with E-state index in [1.807, 2.05) is 6.92 Å². The van der Waals surface area contributed by atoms with Crippen LogP contribution in [0.1, 0.15) is 19.8 Å².